The van der Waals surface area contributed by atoms with Gasteiger partial charge in [-0.3, -0.25) is 9.79 Å². The lowest BCUT2D eigenvalue weighted by atomic mass is 10.1. The number of hydrogen-bond donors (Lipinski definition) is 1. The summed E-state index contributed by atoms with van der Waals surface area (Å²) < 4.78 is 0. The van der Waals surface area contributed by atoms with E-state index in [-0.39, 0.29) is 18.0 Å². The van der Waals surface area contributed by atoms with Crippen LogP contribution in [0.15, 0.2) is 9.98 Å². The van der Waals surface area contributed by atoms with Gasteiger partial charge in [0.2, 0.25) is 0 Å². The molecule has 0 saturated carbocycles. The number of nitrogens with zero attached hydrogens (tertiary/aromatic N) is 2. The topological polar surface area (TPSA) is 53.8 Å². The predicted octanol–water partition coefficient (Wildman–Crippen LogP) is -0.644. The zero-order chi connectivity index (χ0) is 6.97. The fraction of sp³-hybridized carbons (Fsp3) is 0.500. The van der Waals surface area contributed by atoms with Crippen LogP contribution >= 0.6 is 0 Å². The Hall–Kier alpha value is -1.19. The van der Waals surface area contributed by atoms with Crippen molar-refractivity contribution in [3.63, 3.8) is 0 Å². The Labute approximate surface area is 58.1 Å². The third-order valence-electron chi connectivity index (χ3n) is 1.67. The van der Waals surface area contributed by atoms with Gasteiger partial charge in [0, 0.05) is 6.42 Å². The molecule has 0 aromatic carbocycles. The van der Waals surface area contributed by atoms with Gasteiger partial charge in [-0.25, -0.2) is 4.99 Å². The monoisotopic (exact) mass is 137 g/mol. The van der Waals surface area contributed by atoms with Gasteiger partial charge in [-0.2, -0.15) is 0 Å². The number of fused-ring (bicyclic) bond motifs is 1. The van der Waals surface area contributed by atoms with E-state index in [1.807, 2.05) is 0 Å². The molecule has 0 aliphatic carbocycles. The Morgan fingerprint density at radius 1 is 1.60 bits per heavy atom. The van der Waals surface area contributed by atoms with Crippen LogP contribution in [0.2, 0.25) is 0 Å². The smallest absolute Gasteiger partial charge is 0.175 e. The first-order chi connectivity index (χ1) is 4.86. The van der Waals surface area contributed by atoms with Gasteiger partial charge in [0.05, 0.1) is 18.6 Å². The lowest BCUT2D eigenvalue weighted by Gasteiger charge is -2.16. The molecule has 0 spiro atoms. The molecule has 4 heteroatoms. The summed E-state index contributed by atoms with van der Waals surface area (Å²) in [4.78, 5) is 18.7. The van der Waals surface area contributed by atoms with E-state index in [1.165, 1.54) is 6.21 Å². The van der Waals surface area contributed by atoms with Crippen LogP contribution in [0.25, 0.3) is 0 Å². The molecule has 0 saturated heterocycles. The van der Waals surface area contributed by atoms with Gasteiger partial charge in [-0.05, 0) is 0 Å². The van der Waals surface area contributed by atoms with Crippen molar-refractivity contribution in [1.82, 2.24) is 5.32 Å². The maximum atomic E-state index is 10.8. The SMILES string of the molecule is O=C1C=NC2N=CNC2C1. The highest BCUT2D eigenvalue weighted by Crippen LogP contribution is 2.12. The number of ketones is 1. The van der Waals surface area contributed by atoms with Gasteiger partial charge < -0.3 is 5.32 Å². The molecule has 10 heavy (non-hydrogen) atoms. The maximum absolute atomic E-state index is 10.8. The van der Waals surface area contributed by atoms with Crippen LogP contribution in [0.3, 0.4) is 0 Å². The van der Waals surface area contributed by atoms with Crippen molar-refractivity contribution in [2.24, 2.45) is 9.98 Å². The number of carbonyl (C=O) groups is 1. The molecule has 0 bridgehead atoms. The highest BCUT2D eigenvalue weighted by atomic mass is 16.1. The summed E-state index contributed by atoms with van der Waals surface area (Å²) in [7, 11) is 0. The number of Topliss-reactive ketones (excluding diaryl/α,β-unsaturated/α-hetero) is 1. The lowest BCUT2D eigenvalue weighted by molar-refractivity contribution is -0.113. The van der Waals surface area contributed by atoms with Gasteiger partial charge in [-0.15, -0.1) is 0 Å². The first-order valence-electron chi connectivity index (χ1n) is 3.20. The van der Waals surface area contributed by atoms with Crippen LogP contribution in [0.5, 0.6) is 0 Å². The minimum absolute atomic E-state index is 0.0438. The summed E-state index contributed by atoms with van der Waals surface area (Å²) in [5.74, 6) is 0.0826. The number of rotatable bonds is 0. The molecule has 0 fully saturated rings. The van der Waals surface area contributed by atoms with Crippen molar-refractivity contribution < 1.29 is 4.79 Å². The number of aliphatic imine (C=N–C) groups is 2. The summed E-state index contributed by atoms with van der Waals surface area (Å²) >= 11 is 0. The van der Waals surface area contributed by atoms with E-state index < -0.39 is 0 Å². The minimum Gasteiger partial charge on any atom is -0.369 e. The Kier molecular flexibility index (Phi) is 1.06. The van der Waals surface area contributed by atoms with Gasteiger partial charge in [0.15, 0.2) is 11.9 Å². The number of carbonyl (C=O) groups excluding carboxylic acids is 1. The highest BCUT2D eigenvalue weighted by molar-refractivity contribution is 6.28. The van der Waals surface area contributed by atoms with Crippen molar-refractivity contribution in [1.29, 1.82) is 0 Å². The zero-order valence-electron chi connectivity index (χ0n) is 5.32. The maximum Gasteiger partial charge on any atom is 0.175 e. The van der Waals surface area contributed by atoms with Crippen LogP contribution in [0.4, 0.5) is 0 Å². The molecule has 2 rings (SSSR count). The Morgan fingerprint density at radius 2 is 2.50 bits per heavy atom. The number of nitrogens with one attached hydrogen (secondary N) is 1. The van der Waals surface area contributed by atoms with E-state index in [1.54, 1.807) is 6.34 Å². The summed E-state index contributed by atoms with van der Waals surface area (Å²) in [5.41, 5.74) is 0. The molecule has 2 unspecified atom stereocenters. The molecule has 2 atom stereocenters. The molecule has 2 aliphatic rings. The first-order valence-corrected chi connectivity index (χ1v) is 3.20. The van der Waals surface area contributed by atoms with E-state index >= 15 is 0 Å². The zero-order valence-corrected chi connectivity index (χ0v) is 5.32. The Bertz CT molecular complexity index is 221. The molecule has 2 heterocycles. The quantitative estimate of drug-likeness (QED) is 0.482. The van der Waals surface area contributed by atoms with Gasteiger partial charge in [0.25, 0.3) is 0 Å². The van der Waals surface area contributed by atoms with Crippen molar-refractivity contribution in [2.75, 3.05) is 0 Å². The van der Waals surface area contributed by atoms with Crippen molar-refractivity contribution in [2.45, 2.75) is 18.6 Å². The average Bonchev–Trinajstić information content (AvgIpc) is 2.33. The van der Waals surface area contributed by atoms with Crippen LogP contribution < -0.4 is 5.32 Å². The van der Waals surface area contributed by atoms with Crippen LogP contribution in [-0.2, 0) is 4.79 Å². The van der Waals surface area contributed by atoms with Crippen molar-refractivity contribution >= 4 is 18.3 Å². The molecule has 52 valence electrons. The van der Waals surface area contributed by atoms with Gasteiger partial charge >= 0.3 is 0 Å². The van der Waals surface area contributed by atoms with Crippen LogP contribution in [0.1, 0.15) is 6.42 Å². The molecule has 0 aromatic heterocycles. The van der Waals surface area contributed by atoms with Gasteiger partial charge in [-0.1, -0.05) is 0 Å². The molecule has 4 nitrogen and oxygen atoms in total. The molecule has 1 N–H and O–H groups in total. The fourth-order valence-corrected chi connectivity index (χ4v) is 1.14. The van der Waals surface area contributed by atoms with Crippen molar-refractivity contribution in [3.8, 4) is 0 Å². The number of hydrogen-bond acceptors (Lipinski definition) is 4. The third kappa shape index (κ3) is 0.725. The second kappa shape index (κ2) is 1.90. The van der Waals surface area contributed by atoms with Crippen molar-refractivity contribution in [3.05, 3.63) is 0 Å². The van der Waals surface area contributed by atoms with E-state index in [4.69, 9.17) is 0 Å². The Morgan fingerprint density at radius 3 is 3.40 bits per heavy atom. The summed E-state index contributed by atoms with van der Waals surface area (Å²) in [6.45, 7) is 0. The summed E-state index contributed by atoms with van der Waals surface area (Å²) in [5, 5.41) is 2.96. The lowest BCUT2D eigenvalue weighted by Crippen LogP contribution is -2.36. The minimum atomic E-state index is -0.0438. The molecule has 0 radical (unpaired) electrons. The molecule has 0 aromatic rings. The second-order valence-corrected chi connectivity index (χ2v) is 2.41. The van der Waals surface area contributed by atoms with Gasteiger partial charge in [0.1, 0.15) is 0 Å². The molecular weight excluding hydrogens is 130 g/mol. The molecule has 0 amide bonds. The van der Waals surface area contributed by atoms with E-state index in [2.05, 4.69) is 15.3 Å². The van der Waals surface area contributed by atoms with E-state index in [0.29, 0.717) is 6.42 Å². The second-order valence-electron chi connectivity index (χ2n) is 2.41. The largest absolute Gasteiger partial charge is 0.369 e. The fourth-order valence-electron chi connectivity index (χ4n) is 1.14. The van der Waals surface area contributed by atoms with E-state index in [9.17, 15) is 4.79 Å². The average molecular weight is 137 g/mol. The Balaban J connectivity index is 2.21. The summed E-state index contributed by atoms with van der Waals surface area (Å²) in [6.07, 6.45) is 3.46. The molecular formula is C6H7N3O. The standard InChI is InChI=1S/C6H7N3O/c10-4-1-5-6(7-2-4)9-3-8-5/h2-3,5-6H,1H2,(H,8,9). The first kappa shape index (κ1) is 5.58. The van der Waals surface area contributed by atoms with E-state index in [0.717, 1.165) is 0 Å². The molecule has 2 aliphatic heterocycles. The van der Waals surface area contributed by atoms with Crippen LogP contribution in [-0.4, -0.2) is 30.5 Å². The highest BCUT2D eigenvalue weighted by Gasteiger charge is 2.27. The predicted molar refractivity (Wildman–Crippen MR) is 37.3 cm³/mol. The van der Waals surface area contributed by atoms with Crippen LogP contribution in [0, 0.1) is 0 Å². The third-order valence-corrected chi connectivity index (χ3v) is 1.67. The normalized spacial score (nSPS) is 35.8. The summed E-state index contributed by atoms with van der Waals surface area (Å²) in [6, 6.07) is 0.123.